The van der Waals surface area contributed by atoms with Crippen LogP contribution in [0.3, 0.4) is 0 Å². The van der Waals surface area contributed by atoms with Gasteiger partial charge in [-0.1, -0.05) is 13.8 Å². The molecule has 1 aromatic heterocycles. The second-order valence-electron chi connectivity index (χ2n) is 7.81. The molecule has 0 aliphatic carbocycles. The first-order valence-electron chi connectivity index (χ1n) is 8.92. The summed E-state index contributed by atoms with van der Waals surface area (Å²) in [6.07, 6.45) is 1.54. The summed E-state index contributed by atoms with van der Waals surface area (Å²) in [5.41, 5.74) is 0.556. The number of methoxy groups -OCH3 is 2. The second kappa shape index (κ2) is 7.34. The molecule has 3 rings (SSSR count). The zero-order valence-corrected chi connectivity index (χ0v) is 17.7. The number of aromatic nitrogens is 2. The van der Waals surface area contributed by atoms with Gasteiger partial charge in [0, 0.05) is 44.1 Å². The third-order valence-electron chi connectivity index (χ3n) is 5.47. The van der Waals surface area contributed by atoms with Crippen LogP contribution in [0.2, 0.25) is 0 Å². The zero-order chi connectivity index (χ0) is 20.7. The van der Waals surface area contributed by atoms with Crippen molar-refractivity contribution in [3.05, 3.63) is 18.5 Å². The Bertz CT molecular complexity index is 973. The van der Waals surface area contributed by atoms with Crippen LogP contribution in [0.1, 0.15) is 13.8 Å². The Morgan fingerprint density at radius 2 is 1.82 bits per heavy atom. The Hall–Kier alpha value is -2.17. The number of ether oxygens (including phenoxy) is 2. The molecule has 1 aliphatic heterocycles. The fourth-order valence-electron chi connectivity index (χ4n) is 3.56. The molecule has 0 unspecified atom stereocenters. The zero-order valence-electron chi connectivity index (χ0n) is 16.8. The van der Waals surface area contributed by atoms with Gasteiger partial charge in [0.15, 0.2) is 11.5 Å². The smallest absolute Gasteiger partial charge is 0.276 e. The van der Waals surface area contributed by atoms with Crippen molar-refractivity contribution >= 4 is 26.9 Å². The van der Waals surface area contributed by atoms with Gasteiger partial charge >= 0.3 is 0 Å². The summed E-state index contributed by atoms with van der Waals surface area (Å²) >= 11 is 0. The van der Waals surface area contributed by atoms with Gasteiger partial charge in [0.05, 0.1) is 19.7 Å². The fraction of sp³-hybridized carbons (Fsp3) is 0.556. The van der Waals surface area contributed by atoms with Crippen LogP contribution in [0.25, 0.3) is 10.9 Å². The van der Waals surface area contributed by atoms with E-state index in [1.807, 2.05) is 12.1 Å². The molecule has 28 heavy (non-hydrogen) atoms. The number of fused-ring (bicyclic) bond motifs is 1. The third-order valence-corrected chi connectivity index (χ3v) is 6.47. The summed E-state index contributed by atoms with van der Waals surface area (Å²) in [5, 5.41) is 6.11. The lowest BCUT2D eigenvalue weighted by Crippen LogP contribution is -2.56. The van der Waals surface area contributed by atoms with Crippen LogP contribution < -0.4 is 19.5 Å². The highest BCUT2D eigenvalue weighted by Crippen LogP contribution is 2.40. The Balaban J connectivity index is 1.81. The topological polar surface area (TPSA) is 111 Å². The first kappa shape index (κ1) is 20.6. The van der Waals surface area contributed by atoms with E-state index in [1.165, 1.54) is 17.7 Å². The Morgan fingerprint density at radius 3 is 2.39 bits per heavy atom. The molecule has 2 N–H and O–H groups in total. The van der Waals surface area contributed by atoms with Crippen LogP contribution in [0.15, 0.2) is 18.5 Å². The monoisotopic (exact) mass is 409 g/mol. The molecule has 0 bridgehead atoms. The molecule has 0 spiro atoms. The predicted molar refractivity (Wildman–Crippen MR) is 108 cm³/mol. The normalized spacial score (nSPS) is 15.8. The minimum Gasteiger partial charge on any atom is -0.493 e. The second-order valence-corrected chi connectivity index (χ2v) is 9.47. The van der Waals surface area contributed by atoms with Crippen LogP contribution in [-0.4, -0.2) is 63.6 Å². The van der Waals surface area contributed by atoms with Crippen molar-refractivity contribution in [1.29, 1.82) is 0 Å². The molecule has 0 saturated carbocycles. The van der Waals surface area contributed by atoms with E-state index < -0.39 is 10.2 Å². The van der Waals surface area contributed by atoms with Crippen molar-refractivity contribution in [1.82, 2.24) is 14.3 Å². The number of rotatable bonds is 7. The number of hydrogen-bond acceptors (Lipinski definition) is 7. The minimum atomic E-state index is -3.69. The van der Waals surface area contributed by atoms with E-state index in [0.717, 1.165) is 29.8 Å². The lowest BCUT2D eigenvalue weighted by atomic mass is 9.74. The van der Waals surface area contributed by atoms with Crippen molar-refractivity contribution in [3.8, 4) is 11.5 Å². The molecule has 154 valence electrons. The van der Waals surface area contributed by atoms with Crippen LogP contribution in [0.4, 0.5) is 5.82 Å². The van der Waals surface area contributed by atoms with Gasteiger partial charge in [0.2, 0.25) is 0 Å². The molecular formula is C18H27N5O4S. The lowest BCUT2D eigenvalue weighted by Gasteiger charge is -2.49. The molecule has 1 aliphatic rings. The summed E-state index contributed by atoms with van der Waals surface area (Å²) in [5.74, 6) is 2.38. The fourth-order valence-corrected chi connectivity index (χ4v) is 4.07. The van der Waals surface area contributed by atoms with Gasteiger partial charge in [-0.05, 0) is 11.5 Å². The largest absolute Gasteiger partial charge is 0.493 e. The maximum Gasteiger partial charge on any atom is 0.276 e. The SMILES string of the molecule is COc1cc2ncnc(N3CC(C(C)(C)CN(C)S(N)(=O)=O)C3)c2cc1OC. The standard InChI is InChI=1S/C18H27N5O4S/c1-18(2,10-22(3)28(19,24)25)12-8-23(9-12)17-13-6-15(26-4)16(27-5)7-14(13)20-11-21-17/h6-7,11-12H,8-10H2,1-5H3,(H2,19,24,25). The molecule has 1 aromatic carbocycles. The van der Waals surface area contributed by atoms with Gasteiger partial charge in [-0.3, -0.25) is 0 Å². The van der Waals surface area contributed by atoms with Gasteiger partial charge in [0.25, 0.3) is 10.2 Å². The van der Waals surface area contributed by atoms with Crippen molar-refractivity contribution in [2.45, 2.75) is 13.8 Å². The number of hydrogen-bond donors (Lipinski definition) is 1. The molecule has 0 radical (unpaired) electrons. The number of nitrogens with zero attached hydrogens (tertiary/aromatic N) is 4. The van der Waals surface area contributed by atoms with E-state index in [-0.39, 0.29) is 5.41 Å². The molecule has 0 amide bonds. The van der Waals surface area contributed by atoms with E-state index in [0.29, 0.717) is 24.0 Å². The third kappa shape index (κ3) is 3.85. The highest BCUT2D eigenvalue weighted by Gasteiger charge is 2.41. The van der Waals surface area contributed by atoms with E-state index in [1.54, 1.807) is 14.2 Å². The van der Waals surface area contributed by atoms with Crippen LogP contribution in [0.5, 0.6) is 11.5 Å². The molecular weight excluding hydrogens is 382 g/mol. The summed E-state index contributed by atoms with van der Waals surface area (Å²) in [6.45, 7) is 6.02. The predicted octanol–water partition coefficient (Wildman–Crippen LogP) is 1.24. The Labute approximate surface area is 165 Å². The van der Waals surface area contributed by atoms with Gasteiger partial charge in [-0.15, -0.1) is 0 Å². The van der Waals surface area contributed by atoms with Gasteiger partial charge < -0.3 is 14.4 Å². The number of nitrogens with two attached hydrogens (primary N) is 1. The molecule has 10 heteroatoms. The highest BCUT2D eigenvalue weighted by atomic mass is 32.2. The average molecular weight is 410 g/mol. The minimum absolute atomic E-state index is 0.221. The van der Waals surface area contributed by atoms with Crippen molar-refractivity contribution in [2.75, 3.05) is 45.8 Å². The number of benzene rings is 1. The summed E-state index contributed by atoms with van der Waals surface area (Å²) in [4.78, 5) is 11.0. The molecule has 2 aromatic rings. The molecule has 1 fully saturated rings. The van der Waals surface area contributed by atoms with E-state index in [9.17, 15) is 8.42 Å². The van der Waals surface area contributed by atoms with Crippen molar-refractivity contribution in [2.24, 2.45) is 16.5 Å². The van der Waals surface area contributed by atoms with Gasteiger partial charge in [-0.25, -0.2) is 15.1 Å². The molecule has 0 atom stereocenters. The van der Waals surface area contributed by atoms with E-state index in [2.05, 4.69) is 28.7 Å². The highest BCUT2D eigenvalue weighted by molar-refractivity contribution is 7.86. The number of anilines is 1. The Kier molecular flexibility index (Phi) is 5.39. The van der Waals surface area contributed by atoms with Crippen molar-refractivity contribution in [3.63, 3.8) is 0 Å². The maximum atomic E-state index is 11.5. The van der Waals surface area contributed by atoms with Gasteiger partial charge in [-0.2, -0.15) is 12.7 Å². The van der Waals surface area contributed by atoms with Crippen molar-refractivity contribution < 1.29 is 17.9 Å². The maximum absolute atomic E-state index is 11.5. The molecule has 1 saturated heterocycles. The lowest BCUT2D eigenvalue weighted by molar-refractivity contribution is 0.144. The first-order chi connectivity index (χ1) is 13.1. The van der Waals surface area contributed by atoms with E-state index >= 15 is 0 Å². The summed E-state index contributed by atoms with van der Waals surface area (Å²) in [7, 11) is 1.00. The van der Waals surface area contributed by atoms with Gasteiger partial charge in [0.1, 0.15) is 12.1 Å². The van der Waals surface area contributed by atoms with Crippen LogP contribution in [0, 0.1) is 11.3 Å². The summed E-state index contributed by atoms with van der Waals surface area (Å²) in [6, 6.07) is 3.72. The van der Waals surface area contributed by atoms with Crippen LogP contribution in [-0.2, 0) is 10.2 Å². The van der Waals surface area contributed by atoms with E-state index in [4.69, 9.17) is 14.6 Å². The average Bonchev–Trinajstić information content (AvgIpc) is 2.57. The van der Waals surface area contributed by atoms with Crippen LogP contribution >= 0.6 is 0 Å². The quantitative estimate of drug-likeness (QED) is 0.732. The first-order valence-corrected chi connectivity index (χ1v) is 10.4. The Morgan fingerprint density at radius 1 is 1.21 bits per heavy atom. The summed E-state index contributed by atoms with van der Waals surface area (Å²) < 4.78 is 35.0. The molecule has 9 nitrogen and oxygen atoms in total. The molecule has 2 heterocycles.